The van der Waals surface area contributed by atoms with Gasteiger partial charge in [0.05, 0.1) is 28.0 Å². The van der Waals surface area contributed by atoms with E-state index in [2.05, 4.69) is 14.8 Å². The van der Waals surface area contributed by atoms with Gasteiger partial charge in [-0.1, -0.05) is 35.3 Å². The van der Waals surface area contributed by atoms with Gasteiger partial charge in [-0.25, -0.2) is 4.99 Å². The van der Waals surface area contributed by atoms with Gasteiger partial charge < -0.3 is 14.4 Å². The molecule has 0 unspecified atom stereocenters. The molecule has 176 valence electrons. The van der Waals surface area contributed by atoms with Crippen LogP contribution in [-0.4, -0.2) is 56.1 Å². The third-order valence-electron chi connectivity index (χ3n) is 5.95. The molecule has 2 heterocycles. The first kappa shape index (κ1) is 23.9. The van der Waals surface area contributed by atoms with Crippen LogP contribution < -0.4 is 9.64 Å². The van der Waals surface area contributed by atoms with Crippen LogP contribution in [0.1, 0.15) is 31.7 Å². The summed E-state index contributed by atoms with van der Waals surface area (Å²) < 4.78 is 11.1. The maximum atomic E-state index is 11.2. The van der Waals surface area contributed by atoms with E-state index in [0.717, 1.165) is 74.7 Å². The van der Waals surface area contributed by atoms with Crippen molar-refractivity contribution < 1.29 is 14.3 Å². The molecule has 0 spiro atoms. The van der Waals surface area contributed by atoms with Crippen LogP contribution in [0.2, 0.25) is 10.0 Å². The van der Waals surface area contributed by atoms with Crippen molar-refractivity contribution in [2.75, 3.05) is 44.2 Å². The summed E-state index contributed by atoms with van der Waals surface area (Å²) in [5, 5.41) is 1.24. The van der Waals surface area contributed by atoms with Gasteiger partial charge >= 0.3 is 5.97 Å². The van der Waals surface area contributed by atoms with Crippen molar-refractivity contribution in [2.24, 2.45) is 4.99 Å². The van der Waals surface area contributed by atoms with Gasteiger partial charge in [0.15, 0.2) is 5.90 Å². The Labute approximate surface area is 205 Å². The summed E-state index contributed by atoms with van der Waals surface area (Å²) >= 11 is 12.5. The number of fused-ring (bicyclic) bond motifs is 1. The normalized spacial score (nSPS) is 16.2. The van der Waals surface area contributed by atoms with Gasteiger partial charge in [0.2, 0.25) is 0 Å². The lowest BCUT2D eigenvalue weighted by atomic mass is 10.0. The smallest absolute Gasteiger partial charge is 0.309 e. The first-order chi connectivity index (χ1) is 16.0. The molecule has 0 amide bonds. The molecule has 6 nitrogen and oxygen atoms in total. The summed E-state index contributed by atoms with van der Waals surface area (Å²) in [6.07, 6.45) is 3.53. The van der Waals surface area contributed by atoms with Crippen LogP contribution in [-0.2, 0) is 16.0 Å². The number of anilines is 1. The number of carbonyl (C=O) groups excluding carboxylic acids is 1. The second kappa shape index (κ2) is 11.2. The molecule has 8 heteroatoms. The number of hydrogen-bond acceptors (Lipinski definition) is 6. The molecule has 0 bridgehead atoms. The molecule has 0 N–H and O–H groups in total. The van der Waals surface area contributed by atoms with E-state index in [9.17, 15) is 4.79 Å². The van der Waals surface area contributed by atoms with Gasteiger partial charge in [0, 0.05) is 45.6 Å². The average molecular weight is 490 g/mol. The molecule has 1 saturated heterocycles. The van der Waals surface area contributed by atoms with E-state index in [1.807, 2.05) is 36.4 Å². The molecule has 2 aliphatic heterocycles. The molecule has 4 rings (SSSR count). The van der Waals surface area contributed by atoms with E-state index in [0.29, 0.717) is 29.0 Å². The first-order valence-corrected chi connectivity index (χ1v) is 12.2. The Balaban J connectivity index is 1.17. The lowest BCUT2D eigenvalue weighted by Crippen LogP contribution is -2.46. The highest BCUT2D eigenvalue weighted by Crippen LogP contribution is 2.33. The zero-order chi connectivity index (χ0) is 23.2. The van der Waals surface area contributed by atoms with Gasteiger partial charge in [-0.3, -0.25) is 9.69 Å². The van der Waals surface area contributed by atoms with Gasteiger partial charge in [0.1, 0.15) is 5.75 Å². The zero-order valence-electron chi connectivity index (χ0n) is 18.9. The number of nitrogens with zero attached hydrogens (tertiary/aromatic N) is 3. The topological polar surface area (TPSA) is 54.4 Å². The van der Waals surface area contributed by atoms with E-state index in [1.54, 1.807) is 0 Å². The Hall–Kier alpha value is -2.28. The molecule has 2 aliphatic rings. The number of ether oxygens (including phenoxy) is 2. The van der Waals surface area contributed by atoms with Gasteiger partial charge in [-0.2, -0.15) is 0 Å². The number of halogens is 2. The van der Waals surface area contributed by atoms with Crippen LogP contribution >= 0.6 is 23.2 Å². The van der Waals surface area contributed by atoms with Crippen molar-refractivity contribution in [3.63, 3.8) is 0 Å². The van der Waals surface area contributed by atoms with Gasteiger partial charge in [-0.15, -0.1) is 0 Å². The Kier molecular flexibility index (Phi) is 8.12. The van der Waals surface area contributed by atoms with Crippen molar-refractivity contribution in [1.29, 1.82) is 0 Å². The van der Waals surface area contributed by atoms with E-state index >= 15 is 0 Å². The molecule has 0 saturated carbocycles. The predicted octanol–water partition coefficient (Wildman–Crippen LogP) is 5.51. The lowest BCUT2D eigenvalue weighted by molar-refractivity contribution is -0.133. The fourth-order valence-corrected chi connectivity index (χ4v) is 4.61. The van der Waals surface area contributed by atoms with Crippen molar-refractivity contribution in [1.82, 2.24) is 4.90 Å². The molecule has 33 heavy (non-hydrogen) atoms. The molecule has 0 atom stereocenters. The number of unbranched alkanes of at least 4 members (excludes halogenated alkanes) is 1. The second-order valence-electron chi connectivity index (χ2n) is 8.35. The summed E-state index contributed by atoms with van der Waals surface area (Å²) in [7, 11) is 0. The monoisotopic (exact) mass is 489 g/mol. The third-order valence-corrected chi connectivity index (χ3v) is 6.76. The number of piperazine rings is 1. The first-order valence-electron chi connectivity index (χ1n) is 11.4. The second-order valence-corrected chi connectivity index (χ2v) is 9.13. The minimum Gasteiger partial charge on any atom is -0.494 e. The molecule has 0 aromatic heterocycles. The maximum absolute atomic E-state index is 11.2. The molecule has 0 aliphatic carbocycles. The number of benzene rings is 2. The Bertz CT molecular complexity index is 1020. The lowest BCUT2D eigenvalue weighted by Gasteiger charge is -2.36. The van der Waals surface area contributed by atoms with Crippen molar-refractivity contribution in [2.45, 2.75) is 32.6 Å². The summed E-state index contributed by atoms with van der Waals surface area (Å²) in [4.78, 5) is 20.4. The van der Waals surface area contributed by atoms with Crippen LogP contribution in [0.3, 0.4) is 0 Å². The highest BCUT2D eigenvalue weighted by Gasteiger charge is 2.19. The zero-order valence-corrected chi connectivity index (χ0v) is 20.4. The van der Waals surface area contributed by atoms with E-state index < -0.39 is 0 Å². The van der Waals surface area contributed by atoms with Crippen molar-refractivity contribution >= 4 is 46.4 Å². The van der Waals surface area contributed by atoms with Gasteiger partial charge in [0.25, 0.3) is 0 Å². The molecule has 1 fully saturated rings. The number of carbonyl (C=O) groups is 1. The molecule has 2 aromatic rings. The van der Waals surface area contributed by atoms with Gasteiger partial charge in [-0.05, 0) is 49.6 Å². The number of aryl methyl sites for hydroxylation is 1. The van der Waals surface area contributed by atoms with Crippen LogP contribution in [0.25, 0.3) is 0 Å². The third kappa shape index (κ3) is 6.40. The summed E-state index contributed by atoms with van der Waals surface area (Å²) in [5.74, 6) is 0.942. The van der Waals surface area contributed by atoms with Crippen molar-refractivity contribution in [3.8, 4) is 5.75 Å². The molecular weight excluding hydrogens is 461 g/mol. The number of aliphatic imine (C=N–C) groups is 1. The predicted molar refractivity (Wildman–Crippen MR) is 133 cm³/mol. The van der Waals surface area contributed by atoms with E-state index in [-0.39, 0.29) is 5.97 Å². The SMILES string of the molecule is CC(=O)OC1=Nc2cc(OCCCCN3CCN(c4cccc(Cl)c4Cl)CC3)ccc2CC1. The number of esters is 1. The Morgan fingerprint density at radius 1 is 1.06 bits per heavy atom. The van der Waals surface area contributed by atoms with Crippen LogP contribution in [0.4, 0.5) is 11.4 Å². The quantitative estimate of drug-likeness (QED) is 0.378. The fourth-order valence-electron chi connectivity index (χ4n) is 4.20. The minimum atomic E-state index is -0.334. The van der Waals surface area contributed by atoms with Crippen molar-refractivity contribution in [3.05, 3.63) is 52.0 Å². The number of rotatable bonds is 7. The highest BCUT2D eigenvalue weighted by atomic mass is 35.5. The average Bonchev–Trinajstić information content (AvgIpc) is 2.80. The van der Waals surface area contributed by atoms with E-state index in [4.69, 9.17) is 32.7 Å². The summed E-state index contributed by atoms with van der Waals surface area (Å²) in [6, 6.07) is 11.8. The molecule has 0 radical (unpaired) electrons. The minimum absolute atomic E-state index is 0.334. The van der Waals surface area contributed by atoms with E-state index in [1.165, 1.54) is 6.92 Å². The van der Waals surface area contributed by atoms with Crippen LogP contribution in [0.15, 0.2) is 41.4 Å². The summed E-state index contributed by atoms with van der Waals surface area (Å²) in [6.45, 7) is 7.03. The van der Waals surface area contributed by atoms with Crippen LogP contribution in [0.5, 0.6) is 5.75 Å². The summed E-state index contributed by atoms with van der Waals surface area (Å²) in [5.41, 5.74) is 3.00. The van der Waals surface area contributed by atoms with Crippen LogP contribution in [0, 0.1) is 0 Å². The standard InChI is InChI=1S/C25H29Cl2N3O3/c1-18(31)33-24-10-8-19-7-9-20(17-22(19)28-24)32-16-3-2-11-29-12-14-30(15-13-29)23-6-4-5-21(26)25(23)27/h4-7,9,17H,2-3,8,10-16H2,1H3. The number of hydrogen-bond donors (Lipinski definition) is 0. The largest absolute Gasteiger partial charge is 0.494 e. The Morgan fingerprint density at radius 3 is 2.67 bits per heavy atom. The molecular formula is C25H29Cl2N3O3. The maximum Gasteiger partial charge on any atom is 0.309 e. The fraction of sp³-hybridized carbons (Fsp3) is 0.440. The Morgan fingerprint density at radius 2 is 1.88 bits per heavy atom. The molecule has 2 aromatic carbocycles. The highest BCUT2D eigenvalue weighted by molar-refractivity contribution is 6.43.